The lowest BCUT2D eigenvalue weighted by atomic mass is 10.2. The van der Waals surface area contributed by atoms with Gasteiger partial charge in [-0.15, -0.1) is 0 Å². The maximum Gasteiger partial charge on any atom is 0.312 e. The van der Waals surface area contributed by atoms with Gasteiger partial charge < -0.3 is 15.0 Å². The summed E-state index contributed by atoms with van der Waals surface area (Å²) in [6.45, 7) is 3.04. The Hall–Kier alpha value is -2.78. The first-order chi connectivity index (χ1) is 13.9. The predicted molar refractivity (Wildman–Crippen MR) is 106 cm³/mol. The molecular weight excluding hydrogens is 394 g/mol. The molecule has 1 saturated heterocycles. The molecular formula is C20H23N3O5S. The molecule has 1 aliphatic heterocycles. The lowest BCUT2D eigenvalue weighted by Gasteiger charge is -2.26. The zero-order valence-electron chi connectivity index (χ0n) is 16.1. The summed E-state index contributed by atoms with van der Waals surface area (Å²) in [5, 5.41) is 1.42. The van der Waals surface area contributed by atoms with Crippen LogP contribution in [-0.4, -0.2) is 63.0 Å². The molecule has 3 rings (SSSR count). The molecule has 154 valence electrons. The highest BCUT2D eigenvalue weighted by molar-refractivity contribution is 7.91. The van der Waals surface area contributed by atoms with Crippen LogP contribution in [0.4, 0.5) is 0 Å². The highest BCUT2D eigenvalue weighted by Crippen LogP contribution is 2.28. The van der Waals surface area contributed by atoms with Crippen LogP contribution in [0.15, 0.2) is 53.7 Å². The molecule has 1 N–H and O–H groups in total. The van der Waals surface area contributed by atoms with Crippen LogP contribution in [0.3, 0.4) is 0 Å². The third kappa shape index (κ3) is 4.99. The minimum atomic E-state index is -3.82. The van der Waals surface area contributed by atoms with Crippen molar-refractivity contribution in [1.29, 1.82) is 0 Å². The molecule has 2 heterocycles. The number of rotatable bonds is 5. The Morgan fingerprint density at radius 3 is 2.48 bits per heavy atom. The van der Waals surface area contributed by atoms with Crippen LogP contribution < -0.4 is 5.32 Å². The summed E-state index contributed by atoms with van der Waals surface area (Å²) < 4.78 is 31.7. The zero-order valence-corrected chi connectivity index (χ0v) is 16.9. The molecule has 29 heavy (non-hydrogen) atoms. The molecule has 0 radical (unpaired) electrons. The Kier molecular flexibility index (Phi) is 6.60. The van der Waals surface area contributed by atoms with Crippen molar-refractivity contribution in [3.8, 4) is 0 Å². The van der Waals surface area contributed by atoms with E-state index >= 15 is 0 Å². The van der Waals surface area contributed by atoms with Crippen LogP contribution in [0.5, 0.6) is 0 Å². The van der Waals surface area contributed by atoms with E-state index in [1.807, 2.05) is 6.92 Å². The third-order valence-corrected chi connectivity index (χ3v) is 6.84. The number of morpholine rings is 1. The fourth-order valence-corrected chi connectivity index (χ4v) is 4.68. The summed E-state index contributed by atoms with van der Waals surface area (Å²) in [6, 6.07) is 9.78. The number of hydrogen-bond acceptors (Lipinski definition) is 6. The Balaban J connectivity index is 1.80. The lowest BCUT2D eigenvalue weighted by Crippen LogP contribution is -2.48. The van der Waals surface area contributed by atoms with Crippen molar-refractivity contribution in [3.05, 3.63) is 59.9 Å². The van der Waals surface area contributed by atoms with E-state index in [1.165, 1.54) is 23.2 Å². The van der Waals surface area contributed by atoms with Crippen molar-refractivity contribution < 1.29 is 22.7 Å². The molecule has 0 unspecified atom stereocenters. The van der Waals surface area contributed by atoms with Gasteiger partial charge in [0.25, 0.3) is 0 Å². The number of pyridine rings is 1. The highest BCUT2D eigenvalue weighted by Gasteiger charge is 2.31. The van der Waals surface area contributed by atoms with Gasteiger partial charge in [-0.2, -0.15) is 0 Å². The van der Waals surface area contributed by atoms with E-state index in [1.54, 1.807) is 30.5 Å². The van der Waals surface area contributed by atoms with Gasteiger partial charge in [0.05, 0.1) is 18.1 Å². The molecule has 1 aromatic carbocycles. The van der Waals surface area contributed by atoms with E-state index in [-0.39, 0.29) is 11.4 Å². The van der Waals surface area contributed by atoms with Gasteiger partial charge in [0, 0.05) is 32.0 Å². The van der Waals surface area contributed by atoms with Crippen LogP contribution in [0.1, 0.15) is 16.4 Å². The summed E-state index contributed by atoms with van der Waals surface area (Å²) in [4.78, 5) is 30.2. The summed E-state index contributed by atoms with van der Waals surface area (Å²) in [5.74, 6) is -1.52. The van der Waals surface area contributed by atoms with Crippen LogP contribution in [0.25, 0.3) is 0 Å². The van der Waals surface area contributed by atoms with Crippen LogP contribution in [0, 0.1) is 6.92 Å². The fraction of sp³-hybridized carbons (Fsp3) is 0.350. The summed E-state index contributed by atoms with van der Waals surface area (Å²) in [5.41, 5.74) is 1.37. The van der Waals surface area contributed by atoms with E-state index in [0.29, 0.717) is 31.9 Å². The minimum Gasteiger partial charge on any atom is -0.378 e. The zero-order chi connectivity index (χ0) is 20.9. The normalized spacial score (nSPS) is 15.6. The van der Waals surface area contributed by atoms with Gasteiger partial charge in [0.15, 0.2) is 9.84 Å². The van der Waals surface area contributed by atoms with Crippen LogP contribution in [0.2, 0.25) is 0 Å². The fourth-order valence-electron chi connectivity index (χ4n) is 3.04. The SMILES string of the molecule is Cc1ccc(S(=O)(=O)[C@@H](CNC(=O)C(=O)N2CCOCC2)c2cccnc2)cc1. The molecule has 2 amide bonds. The molecule has 1 aromatic heterocycles. The maximum absolute atomic E-state index is 13.2. The van der Waals surface area contributed by atoms with Crippen molar-refractivity contribution in [1.82, 2.24) is 15.2 Å². The Bertz CT molecular complexity index is 955. The second-order valence-corrected chi connectivity index (χ2v) is 8.88. The first-order valence-corrected chi connectivity index (χ1v) is 10.8. The van der Waals surface area contributed by atoms with Crippen molar-refractivity contribution in [2.24, 2.45) is 0 Å². The molecule has 8 nitrogen and oxygen atoms in total. The molecule has 9 heteroatoms. The van der Waals surface area contributed by atoms with Crippen LogP contribution >= 0.6 is 0 Å². The van der Waals surface area contributed by atoms with Crippen molar-refractivity contribution in [3.63, 3.8) is 0 Å². The molecule has 0 aliphatic carbocycles. The van der Waals surface area contributed by atoms with Gasteiger partial charge >= 0.3 is 11.8 Å². The number of carbonyl (C=O) groups excluding carboxylic acids is 2. The second kappa shape index (κ2) is 9.15. The van der Waals surface area contributed by atoms with Gasteiger partial charge in [-0.1, -0.05) is 23.8 Å². The van der Waals surface area contributed by atoms with Gasteiger partial charge in [0.2, 0.25) is 0 Å². The van der Waals surface area contributed by atoms with E-state index in [9.17, 15) is 18.0 Å². The van der Waals surface area contributed by atoms with Gasteiger partial charge in [-0.3, -0.25) is 14.6 Å². The number of sulfone groups is 1. The molecule has 1 aliphatic rings. The topological polar surface area (TPSA) is 106 Å². The van der Waals surface area contributed by atoms with E-state index in [2.05, 4.69) is 10.3 Å². The third-order valence-electron chi connectivity index (χ3n) is 4.72. The summed E-state index contributed by atoms with van der Waals surface area (Å²) in [7, 11) is -3.82. The van der Waals surface area contributed by atoms with E-state index < -0.39 is 26.9 Å². The standard InChI is InChI=1S/C20H23N3O5S/c1-15-4-6-17(7-5-15)29(26,27)18(16-3-2-8-21-13-16)14-22-19(24)20(25)23-9-11-28-12-10-23/h2-8,13,18H,9-12,14H2,1H3,(H,22,24)/t18-/m0/s1. The number of hydrogen-bond donors (Lipinski definition) is 1. The van der Waals surface area contributed by atoms with Gasteiger partial charge in [-0.05, 0) is 30.7 Å². The van der Waals surface area contributed by atoms with E-state index in [4.69, 9.17) is 4.74 Å². The Morgan fingerprint density at radius 2 is 1.86 bits per heavy atom. The maximum atomic E-state index is 13.2. The molecule has 0 saturated carbocycles. The molecule has 2 aromatic rings. The number of aromatic nitrogens is 1. The summed E-state index contributed by atoms with van der Waals surface area (Å²) >= 11 is 0. The molecule has 1 atom stereocenters. The highest BCUT2D eigenvalue weighted by atomic mass is 32.2. The number of amides is 2. The monoisotopic (exact) mass is 417 g/mol. The van der Waals surface area contributed by atoms with Crippen LogP contribution in [-0.2, 0) is 24.2 Å². The average Bonchev–Trinajstić information content (AvgIpc) is 2.74. The first-order valence-electron chi connectivity index (χ1n) is 9.25. The largest absolute Gasteiger partial charge is 0.378 e. The number of carbonyl (C=O) groups is 2. The minimum absolute atomic E-state index is 0.144. The van der Waals surface area contributed by atoms with Crippen molar-refractivity contribution >= 4 is 21.7 Å². The summed E-state index contributed by atoms with van der Waals surface area (Å²) in [6.07, 6.45) is 2.99. The first kappa shape index (κ1) is 20.9. The van der Waals surface area contributed by atoms with Crippen molar-refractivity contribution in [2.45, 2.75) is 17.1 Å². The molecule has 0 spiro atoms. The van der Waals surface area contributed by atoms with Crippen molar-refractivity contribution in [2.75, 3.05) is 32.8 Å². The average molecular weight is 417 g/mol. The number of ether oxygens (including phenoxy) is 1. The van der Waals surface area contributed by atoms with Gasteiger partial charge in [0.1, 0.15) is 5.25 Å². The number of aryl methyl sites for hydroxylation is 1. The van der Waals surface area contributed by atoms with Gasteiger partial charge in [-0.25, -0.2) is 8.42 Å². The van der Waals surface area contributed by atoms with E-state index in [0.717, 1.165) is 5.56 Å². The predicted octanol–water partition coefficient (Wildman–Crippen LogP) is 0.880. The molecule has 0 bridgehead atoms. The number of nitrogens with zero attached hydrogens (tertiary/aromatic N) is 2. The smallest absolute Gasteiger partial charge is 0.312 e. The lowest BCUT2D eigenvalue weighted by molar-refractivity contribution is -0.148. The number of benzene rings is 1. The second-order valence-electron chi connectivity index (χ2n) is 6.75. The quantitative estimate of drug-likeness (QED) is 0.724. The molecule has 1 fully saturated rings. The Morgan fingerprint density at radius 1 is 1.17 bits per heavy atom. The number of nitrogens with one attached hydrogen (secondary N) is 1. The Labute approximate surface area is 169 Å².